The Labute approximate surface area is 155 Å². The first-order valence-corrected chi connectivity index (χ1v) is 10.6. The highest BCUT2D eigenvalue weighted by molar-refractivity contribution is 9.10. The van der Waals surface area contributed by atoms with Crippen LogP contribution in [0.2, 0.25) is 0 Å². The molecule has 1 N–H and O–H groups in total. The molecule has 0 fully saturated rings. The van der Waals surface area contributed by atoms with Gasteiger partial charge in [-0.3, -0.25) is 10.1 Å². The predicted molar refractivity (Wildman–Crippen MR) is 100 cm³/mol. The maximum Gasteiger partial charge on any atom is 0.248 e. The predicted octanol–water partition coefficient (Wildman–Crippen LogP) is 2.63. The maximum atomic E-state index is 11.9. The van der Waals surface area contributed by atoms with Crippen LogP contribution < -0.4 is 5.32 Å². The second-order valence-electron chi connectivity index (χ2n) is 5.74. The summed E-state index contributed by atoms with van der Waals surface area (Å²) in [6.45, 7) is 2.50. The van der Waals surface area contributed by atoms with E-state index in [1.54, 1.807) is 4.68 Å². The molecule has 0 unspecified atom stereocenters. The number of sulfone groups is 1. The molecular weight excluding hydrogens is 408 g/mol. The zero-order chi connectivity index (χ0) is 18.3. The standard InChI is InChI=1S/C16H21BrN4O3S/c1-2-3-4-9-25(23,24)11-15(22)19-16-18-12-21(20-16)10-13-5-7-14(17)8-6-13/h5-8,12H,2-4,9-11H2,1H3,(H,19,20,22). The Balaban J connectivity index is 1.87. The van der Waals surface area contributed by atoms with E-state index in [4.69, 9.17) is 0 Å². The molecule has 25 heavy (non-hydrogen) atoms. The first kappa shape index (κ1) is 19.6. The van der Waals surface area contributed by atoms with Crippen molar-refractivity contribution in [1.82, 2.24) is 14.8 Å². The Kier molecular flexibility index (Phi) is 7.12. The van der Waals surface area contributed by atoms with Crippen LogP contribution in [0.1, 0.15) is 31.7 Å². The van der Waals surface area contributed by atoms with Crippen molar-refractivity contribution in [2.45, 2.75) is 32.7 Å². The van der Waals surface area contributed by atoms with Crippen molar-refractivity contribution in [3.63, 3.8) is 0 Å². The van der Waals surface area contributed by atoms with Crippen LogP contribution in [0.4, 0.5) is 5.95 Å². The van der Waals surface area contributed by atoms with Crippen LogP contribution in [-0.4, -0.2) is 40.6 Å². The summed E-state index contributed by atoms with van der Waals surface area (Å²) in [6, 6.07) is 7.76. The lowest BCUT2D eigenvalue weighted by Crippen LogP contribution is -2.25. The summed E-state index contributed by atoms with van der Waals surface area (Å²) in [4.78, 5) is 15.9. The van der Waals surface area contributed by atoms with Crippen molar-refractivity contribution in [3.05, 3.63) is 40.6 Å². The number of rotatable bonds is 9. The molecule has 1 amide bonds. The van der Waals surface area contributed by atoms with Crippen LogP contribution in [0.3, 0.4) is 0 Å². The summed E-state index contributed by atoms with van der Waals surface area (Å²) in [5, 5.41) is 6.58. The molecule has 9 heteroatoms. The van der Waals surface area contributed by atoms with Gasteiger partial charge in [0, 0.05) is 4.47 Å². The summed E-state index contributed by atoms with van der Waals surface area (Å²) in [5.41, 5.74) is 1.03. The molecule has 0 aliphatic heterocycles. The Hall–Kier alpha value is -1.74. The minimum absolute atomic E-state index is 0.0275. The number of carbonyl (C=O) groups excluding carboxylic acids is 1. The molecule has 0 radical (unpaired) electrons. The minimum Gasteiger partial charge on any atom is -0.292 e. The third-order valence-electron chi connectivity index (χ3n) is 3.46. The summed E-state index contributed by atoms with van der Waals surface area (Å²) < 4.78 is 26.3. The van der Waals surface area contributed by atoms with Crippen molar-refractivity contribution >= 4 is 37.6 Å². The van der Waals surface area contributed by atoms with E-state index >= 15 is 0 Å². The van der Waals surface area contributed by atoms with Gasteiger partial charge in [-0.1, -0.05) is 47.8 Å². The number of nitrogens with one attached hydrogen (secondary N) is 1. The molecule has 1 heterocycles. The molecule has 0 aliphatic rings. The largest absolute Gasteiger partial charge is 0.292 e. The number of amides is 1. The summed E-state index contributed by atoms with van der Waals surface area (Å²) in [5.74, 6) is -1.03. The number of halogens is 1. The van der Waals surface area contributed by atoms with Crippen molar-refractivity contribution in [2.24, 2.45) is 0 Å². The molecule has 0 spiro atoms. The van der Waals surface area contributed by atoms with Gasteiger partial charge in [0.15, 0.2) is 9.84 Å². The van der Waals surface area contributed by atoms with Gasteiger partial charge in [-0.25, -0.2) is 18.1 Å². The number of unbranched alkanes of at least 4 members (excludes halogenated alkanes) is 2. The highest BCUT2D eigenvalue weighted by Gasteiger charge is 2.17. The molecule has 1 aromatic heterocycles. The number of nitrogens with zero attached hydrogens (tertiary/aromatic N) is 3. The van der Waals surface area contributed by atoms with E-state index in [9.17, 15) is 13.2 Å². The van der Waals surface area contributed by atoms with Gasteiger partial charge < -0.3 is 0 Å². The quantitative estimate of drug-likeness (QED) is 0.619. The van der Waals surface area contributed by atoms with Gasteiger partial charge in [-0.05, 0) is 24.1 Å². The fraction of sp³-hybridized carbons (Fsp3) is 0.438. The van der Waals surface area contributed by atoms with Crippen molar-refractivity contribution in [3.8, 4) is 0 Å². The van der Waals surface area contributed by atoms with Gasteiger partial charge in [0.1, 0.15) is 12.1 Å². The van der Waals surface area contributed by atoms with Gasteiger partial charge in [0.25, 0.3) is 0 Å². The third kappa shape index (κ3) is 6.95. The topological polar surface area (TPSA) is 94.0 Å². The van der Waals surface area contributed by atoms with Crippen molar-refractivity contribution < 1.29 is 13.2 Å². The lowest BCUT2D eigenvalue weighted by atomic mass is 10.2. The summed E-state index contributed by atoms with van der Waals surface area (Å²) in [7, 11) is -3.40. The van der Waals surface area contributed by atoms with Crippen LogP contribution in [0.15, 0.2) is 35.1 Å². The molecule has 0 aliphatic carbocycles. The second-order valence-corrected chi connectivity index (χ2v) is 8.84. The highest BCUT2D eigenvalue weighted by atomic mass is 79.9. The van der Waals surface area contributed by atoms with Gasteiger partial charge in [-0.15, -0.1) is 5.10 Å². The van der Waals surface area contributed by atoms with E-state index in [1.165, 1.54) is 6.33 Å². The molecule has 0 bridgehead atoms. The van der Waals surface area contributed by atoms with Crippen molar-refractivity contribution in [2.75, 3.05) is 16.8 Å². The van der Waals surface area contributed by atoms with Crippen molar-refractivity contribution in [1.29, 1.82) is 0 Å². The normalized spacial score (nSPS) is 11.4. The van der Waals surface area contributed by atoms with Crippen LogP contribution >= 0.6 is 15.9 Å². The fourth-order valence-corrected chi connectivity index (χ4v) is 3.73. The number of benzene rings is 1. The molecule has 1 aromatic carbocycles. The molecule has 136 valence electrons. The number of hydrogen-bond donors (Lipinski definition) is 1. The van der Waals surface area contributed by atoms with E-state index in [2.05, 4.69) is 31.3 Å². The SMILES string of the molecule is CCCCCS(=O)(=O)CC(=O)Nc1ncn(Cc2ccc(Br)cc2)n1. The summed E-state index contributed by atoms with van der Waals surface area (Å²) >= 11 is 3.37. The van der Waals surface area contributed by atoms with E-state index in [0.717, 1.165) is 22.9 Å². The summed E-state index contributed by atoms with van der Waals surface area (Å²) in [6.07, 6.45) is 3.84. The maximum absolute atomic E-state index is 11.9. The number of anilines is 1. The fourth-order valence-electron chi connectivity index (χ4n) is 2.21. The first-order valence-electron chi connectivity index (χ1n) is 8.02. The number of hydrogen-bond acceptors (Lipinski definition) is 5. The van der Waals surface area contributed by atoms with Gasteiger partial charge in [-0.2, -0.15) is 0 Å². The molecule has 0 atom stereocenters. The van der Waals surface area contributed by atoms with Crippen LogP contribution in [0.5, 0.6) is 0 Å². The minimum atomic E-state index is -3.40. The number of carbonyl (C=O) groups is 1. The van der Waals surface area contributed by atoms with Gasteiger partial charge in [0.2, 0.25) is 11.9 Å². The zero-order valence-corrected chi connectivity index (χ0v) is 16.4. The monoisotopic (exact) mass is 428 g/mol. The first-order chi connectivity index (χ1) is 11.9. The molecule has 0 saturated heterocycles. The average molecular weight is 429 g/mol. The Morgan fingerprint density at radius 1 is 1.24 bits per heavy atom. The van der Waals surface area contributed by atoms with E-state index in [-0.39, 0.29) is 11.7 Å². The lowest BCUT2D eigenvalue weighted by Gasteiger charge is -2.04. The number of aromatic nitrogens is 3. The van der Waals surface area contributed by atoms with Crippen LogP contribution in [0.25, 0.3) is 0 Å². The van der Waals surface area contributed by atoms with E-state index < -0.39 is 21.5 Å². The van der Waals surface area contributed by atoms with E-state index in [0.29, 0.717) is 13.0 Å². The molecule has 7 nitrogen and oxygen atoms in total. The van der Waals surface area contributed by atoms with Gasteiger partial charge >= 0.3 is 0 Å². The average Bonchev–Trinajstić information content (AvgIpc) is 2.96. The van der Waals surface area contributed by atoms with Crippen LogP contribution in [0, 0.1) is 0 Å². The molecule has 0 saturated carbocycles. The zero-order valence-electron chi connectivity index (χ0n) is 14.0. The Bertz CT molecular complexity index is 803. The second kappa shape index (κ2) is 9.10. The molecule has 2 rings (SSSR count). The lowest BCUT2D eigenvalue weighted by molar-refractivity contribution is -0.113. The van der Waals surface area contributed by atoms with Gasteiger partial charge in [0.05, 0.1) is 12.3 Å². The van der Waals surface area contributed by atoms with E-state index in [1.807, 2.05) is 31.2 Å². The highest BCUT2D eigenvalue weighted by Crippen LogP contribution is 2.11. The Morgan fingerprint density at radius 3 is 2.64 bits per heavy atom. The smallest absolute Gasteiger partial charge is 0.248 e. The van der Waals surface area contributed by atoms with Crippen LogP contribution in [-0.2, 0) is 21.2 Å². The molecular formula is C16H21BrN4O3S. The Morgan fingerprint density at radius 2 is 1.96 bits per heavy atom. The molecule has 2 aromatic rings. The third-order valence-corrected chi connectivity index (χ3v) is 5.60.